The van der Waals surface area contributed by atoms with Crippen LogP contribution in [0.25, 0.3) is 0 Å². The number of carbonyl (C=O) groups excluding carboxylic acids is 1. The van der Waals surface area contributed by atoms with Gasteiger partial charge in [0.15, 0.2) is 0 Å². The van der Waals surface area contributed by atoms with E-state index in [0.29, 0.717) is 5.69 Å². The van der Waals surface area contributed by atoms with Crippen molar-refractivity contribution in [1.29, 1.82) is 0 Å². The second-order valence-electron chi connectivity index (χ2n) is 6.42. The van der Waals surface area contributed by atoms with Crippen LogP contribution in [0.1, 0.15) is 31.9 Å². The summed E-state index contributed by atoms with van der Waals surface area (Å²) >= 11 is 0. The van der Waals surface area contributed by atoms with Crippen LogP contribution in [0.4, 0.5) is 11.4 Å². The zero-order valence-electron chi connectivity index (χ0n) is 14.3. The Hall–Kier alpha value is -2.49. The molecule has 0 atom stereocenters. The highest BCUT2D eigenvalue weighted by Crippen LogP contribution is 2.12. The molecule has 4 heteroatoms. The summed E-state index contributed by atoms with van der Waals surface area (Å²) in [7, 11) is 0. The normalized spacial score (nSPS) is 10.4. The summed E-state index contributed by atoms with van der Waals surface area (Å²) in [5.41, 5.74) is 14.2. The van der Waals surface area contributed by atoms with Crippen molar-refractivity contribution in [2.24, 2.45) is 0 Å². The Morgan fingerprint density at radius 1 is 1.00 bits per heavy atom. The number of ether oxygens (including phenoxy) is 1. The van der Waals surface area contributed by atoms with Gasteiger partial charge in [-0.3, -0.25) is 4.79 Å². The van der Waals surface area contributed by atoms with Crippen LogP contribution in [0.5, 0.6) is 0 Å². The van der Waals surface area contributed by atoms with E-state index in [2.05, 4.69) is 0 Å². The third kappa shape index (κ3) is 8.51. The van der Waals surface area contributed by atoms with Crippen LogP contribution < -0.4 is 11.5 Å². The molecule has 0 fully saturated rings. The van der Waals surface area contributed by atoms with Crippen LogP contribution in [0.3, 0.4) is 0 Å². The van der Waals surface area contributed by atoms with E-state index >= 15 is 0 Å². The molecule has 4 N–H and O–H groups in total. The highest BCUT2D eigenvalue weighted by molar-refractivity contribution is 5.73. The van der Waals surface area contributed by atoms with E-state index in [1.807, 2.05) is 64.1 Å². The van der Waals surface area contributed by atoms with Crippen molar-refractivity contribution in [2.45, 2.75) is 39.7 Å². The summed E-state index contributed by atoms with van der Waals surface area (Å²) < 4.78 is 5.20. The number of anilines is 2. The lowest BCUT2D eigenvalue weighted by Crippen LogP contribution is -2.24. The number of aryl methyl sites for hydroxylation is 1. The van der Waals surface area contributed by atoms with Gasteiger partial charge in [-0.2, -0.15) is 0 Å². The molecule has 0 bridgehead atoms. The first-order valence-electron chi connectivity index (χ1n) is 7.54. The predicted octanol–water partition coefficient (Wildman–Crippen LogP) is 3.73. The van der Waals surface area contributed by atoms with Gasteiger partial charge in [0.05, 0.1) is 6.42 Å². The van der Waals surface area contributed by atoms with E-state index in [1.54, 1.807) is 12.1 Å². The smallest absolute Gasteiger partial charge is 0.310 e. The van der Waals surface area contributed by atoms with E-state index < -0.39 is 5.60 Å². The lowest BCUT2D eigenvalue weighted by molar-refractivity contribution is -0.153. The molecule has 2 rings (SSSR count). The number of benzene rings is 2. The Balaban J connectivity index is 0.000000277. The molecule has 2 aromatic carbocycles. The first-order valence-corrected chi connectivity index (χ1v) is 7.54. The Morgan fingerprint density at radius 2 is 1.61 bits per heavy atom. The van der Waals surface area contributed by atoms with Crippen LogP contribution in [0.15, 0.2) is 48.5 Å². The van der Waals surface area contributed by atoms with Gasteiger partial charge in [-0.1, -0.05) is 29.8 Å². The van der Waals surface area contributed by atoms with Crippen LogP contribution >= 0.6 is 0 Å². The molecule has 0 heterocycles. The molecule has 0 aromatic heterocycles. The minimum absolute atomic E-state index is 0.229. The molecule has 2 aromatic rings. The molecular weight excluding hydrogens is 288 g/mol. The number of esters is 1. The van der Waals surface area contributed by atoms with Gasteiger partial charge >= 0.3 is 5.97 Å². The van der Waals surface area contributed by atoms with Crippen molar-refractivity contribution < 1.29 is 9.53 Å². The summed E-state index contributed by atoms with van der Waals surface area (Å²) in [6.07, 6.45) is 0.266. The molecule has 0 spiro atoms. The number of nitrogens with two attached hydrogens (primary N) is 2. The van der Waals surface area contributed by atoms with Crippen molar-refractivity contribution in [3.63, 3.8) is 0 Å². The third-order valence-corrected chi connectivity index (χ3v) is 2.80. The number of rotatable bonds is 2. The number of hydrogen-bond acceptors (Lipinski definition) is 4. The fourth-order valence-electron chi connectivity index (χ4n) is 1.81. The lowest BCUT2D eigenvalue weighted by Gasteiger charge is -2.19. The molecule has 0 aliphatic carbocycles. The number of nitrogen functional groups attached to an aromatic ring is 2. The molecule has 0 aliphatic heterocycles. The first-order chi connectivity index (χ1) is 10.7. The maximum atomic E-state index is 11.5. The Labute approximate surface area is 138 Å². The second-order valence-corrected chi connectivity index (χ2v) is 6.42. The van der Waals surface area contributed by atoms with Gasteiger partial charge in [0.25, 0.3) is 0 Å². The molecule has 0 aliphatic rings. The van der Waals surface area contributed by atoms with Crippen molar-refractivity contribution >= 4 is 17.3 Å². The summed E-state index contributed by atoms with van der Waals surface area (Å²) in [6, 6.07) is 15.0. The van der Waals surface area contributed by atoms with E-state index in [1.165, 1.54) is 5.56 Å². The molecule has 23 heavy (non-hydrogen) atoms. The largest absolute Gasteiger partial charge is 0.460 e. The highest BCUT2D eigenvalue weighted by Gasteiger charge is 2.16. The topological polar surface area (TPSA) is 78.3 Å². The molecule has 0 saturated carbocycles. The molecule has 4 nitrogen and oxygen atoms in total. The monoisotopic (exact) mass is 314 g/mol. The second kappa shape index (κ2) is 8.22. The van der Waals surface area contributed by atoms with Crippen LogP contribution in [-0.4, -0.2) is 11.6 Å². The van der Waals surface area contributed by atoms with Gasteiger partial charge in [0.1, 0.15) is 5.60 Å². The van der Waals surface area contributed by atoms with Crippen molar-refractivity contribution in [2.75, 3.05) is 11.5 Å². The average molecular weight is 314 g/mol. The highest BCUT2D eigenvalue weighted by atomic mass is 16.6. The maximum Gasteiger partial charge on any atom is 0.310 e. The van der Waals surface area contributed by atoms with E-state index in [4.69, 9.17) is 16.2 Å². The SMILES string of the molecule is CC(C)(C)OC(=O)Cc1cccc(N)c1.Cc1ccc(N)cc1. The lowest BCUT2D eigenvalue weighted by atomic mass is 10.1. The minimum Gasteiger partial charge on any atom is -0.460 e. The predicted molar refractivity (Wildman–Crippen MR) is 96.0 cm³/mol. The molecular formula is C19H26N2O2. The Bertz CT molecular complexity index is 608. The zero-order chi connectivity index (χ0) is 17.5. The van der Waals surface area contributed by atoms with Gasteiger partial charge in [-0.05, 0) is 57.5 Å². The summed E-state index contributed by atoms with van der Waals surface area (Å²) in [4.78, 5) is 11.5. The molecule has 124 valence electrons. The van der Waals surface area contributed by atoms with Gasteiger partial charge in [0.2, 0.25) is 0 Å². The Morgan fingerprint density at radius 3 is 2.09 bits per heavy atom. The summed E-state index contributed by atoms with van der Waals surface area (Å²) in [5, 5.41) is 0. The van der Waals surface area contributed by atoms with Crippen LogP contribution in [0.2, 0.25) is 0 Å². The standard InChI is InChI=1S/C12H17NO2.C7H9N/c1-12(2,3)15-11(14)8-9-5-4-6-10(13)7-9;1-6-2-4-7(8)5-3-6/h4-7H,8,13H2,1-3H3;2-5H,8H2,1H3. The van der Waals surface area contributed by atoms with Gasteiger partial charge < -0.3 is 16.2 Å². The van der Waals surface area contributed by atoms with Crippen molar-refractivity contribution in [3.05, 3.63) is 59.7 Å². The maximum absolute atomic E-state index is 11.5. The molecule has 0 radical (unpaired) electrons. The number of carbonyl (C=O) groups is 1. The minimum atomic E-state index is -0.433. The van der Waals surface area contributed by atoms with E-state index in [9.17, 15) is 4.79 Å². The van der Waals surface area contributed by atoms with Gasteiger partial charge in [0, 0.05) is 11.4 Å². The fourth-order valence-corrected chi connectivity index (χ4v) is 1.81. The van der Waals surface area contributed by atoms with E-state index in [-0.39, 0.29) is 12.4 Å². The first kappa shape index (κ1) is 18.6. The molecule has 0 saturated heterocycles. The van der Waals surface area contributed by atoms with Crippen LogP contribution in [0, 0.1) is 6.92 Å². The molecule has 0 amide bonds. The zero-order valence-corrected chi connectivity index (χ0v) is 14.3. The molecule has 0 unspecified atom stereocenters. The fraction of sp³-hybridized carbons (Fsp3) is 0.316. The Kier molecular flexibility index (Phi) is 6.64. The summed E-state index contributed by atoms with van der Waals surface area (Å²) in [5.74, 6) is -0.229. The quantitative estimate of drug-likeness (QED) is 0.654. The summed E-state index contributed by atoms with van der Waals surface area (Å²) in [6.45, 7) is 7.60. The van der Waals surface area contributed by atoms with Crippen molar-refractivity contribution in [1.82, 2.24) is 0 Å². The van der Waals surface area contributed by atoms with Gasteiger partial charge in [-0.25, -0.2) is 0 Å². The number of hydrogen-bond donors (Lipinski definition) is 2. The van der Waals surface area contributed by atoms with Crippen molar-refractivity contribution in [3.8, 4) is 0 Å². The van der Waals surface area contributed by atoms with E-state index in [0.717, 1.165) is 11.3 Å². The van der Waals surface area contributed by atoms with Gasteiger partial charge in [-0.15, -0.1) is 0 Å². The third-order valence-electron chi connectivity index (χ3n) is 2.80. The van der Waals surface area contributed by atoms with Crippen LogP contribution in [-0.2, 0) is 16.0 Å². The average Bonchev–Trinajstić information content (AvgIpc) is 2.40.